The monoisotopic (exact) mass is 578 g/mol. The van der Waals surface area contributed by atoms with Gasteiger partial charge in [0.25, 0.3) is 11.8 Å². The van der Waals surface area contributed by atoms with Gasteiger partial charge in [0.05, 0.1) is 6.10 Å². The third kappa shape index (κ3) is 6.26. The van der Waals surface area contributed by atoms with Crippen LogP contribution < -0.4 is 0 Å². The van der Waals surface area contributed by atoms with Crippen LogP contribution in [0.4, 0.5) is 8.78 Å². The van der Waals surface area contributed by atoms with Crippen LogP contribution in [0, 0.1) is 5.92 Å². The van der Waals surface area contributed by atoms with Gasteiger partial charge in [-0.15, -0.1) is 0 Å². The Morgan fingerprint density at radius 3 is 2.15 bits per heavy atom. The molecule has 2 saturated heterocycles. The molecule has 2 aromatic rings. The van der Waals surface area contributed by atoms with Crippen molar-refractivity contribution in [2.24, 2.45) is 5.92 Å². The number of piperidine rings is 1. The molecule has 0 aromatic heterocycles. The van der Waals surface area contributed by atoms with E-state index in [0.717, 1.165) is 55.3 Å². The first-order valence-electron chi connectivity index (χ1n) is 13.7. The van der Waals surface area contributed by atoms with E-state index in [0.29, 0.717) is 28.1 Å². The summed E-state index contributed by atoms with van der Waals surface area (Å²) in [6.45, 7) is 0.872. The first-order valence-corrected chi connectivity index (χ1v) is 14.5. The highest BCUT2D eigenvalue weighted by Gasteiger charge is 2.38. The van der Waals surface area contributed by atoms with Gasteiger partial charge in [0, 0.05) is 67.2 Å². The minimum absolute atomic E-state index is 0.0520. The zero-order chi connectivity index (χ0) is 27.7. The van der Waals surface area contributed by atoms with Gasteiger partial charge < -0.3 is 14.5 Å². The third-order valence-corrected chi connectivity index (χ3v) is 9.28. The van der Waals surface area contributed by atoms with Crippen molar-refractivity contribution in [3.05, 3.63) is 57.6 Å². The van der Waals surface area contributed by atoms with Gasteiger partial charge in [0.1, 0.15) is 0 Å². The van der Waals surface area contributed by atoms with Crippen molar-refractivity contribution in [2.75, 3.05) is 26.7 Å². The number of alkyl halides is 2. The second-order valence-corrected chi connectivity index (χ2v) is 11.8. The van der Waals surface area contributed by atoms with Crippen LogP contribution in [0.5, 0.6) is 0 Å². The van der Waals surface area contributed by atoms with E-state index in [-0.39, 0.29) is 49.7 Å². The number of nitrogens with zero attached hydrogens (tertiary/aromatic N) is 2. The van der Waals surface area contributed by atoms with Gasteiger partial charge >= 0.3 is 0 Å². The number of ether oxygens (including phenoxy) is 1. The van der Waals surface area contributed by atoms with E-state index < -0.39 is 5.92 Å². The molecular formula is C30H34Cl2F2N2O3. The SMILES string of the molecule is COC1CCC(N2CC[C@@H](Cc3c(Cl)cc(-c4ccc(C(=O)N5CCC(F)(F)CC5)cc4)cc3Cl)C2=O)CC1. The predicted octanol–water partition coefficient (Wildman–Crippen LogP) is 6.88. The minimum Gasteiger partial charge on any atom is -0.381 e. The van der Waals surface area contributed by atoms with E-state index in [1.165, 1.54) is 4.90 Å². The molecule has 2 heterocycles. The first kappa shape index (κ1) is 28.3. The number of hydrogen-bond acceptors (Lipinski definition) is 3. The van der Waals surface area contributed by atoms with Crippen LogP contribution >= 0.6 is 23.2 Å². The highest BCUT2D eigenvalue weighted by atomic mass is 35.5. The Balaban J connectivity index is 1.23. The number of amides is 2. The maximum atomic E-state index is 13.4. The Morgan fingerprint density at radius 1 is 0.949 bits per heavy atom. The topological polar surface area (TPSA) is 49.9 Å². The summed E-state index contributed by atoms with van der Waals surface area (Å²) in [5.41, 5.74) is 2.87. The Kier molecular flexibility index (Phi) is 8.51. The second-order valence-electron chi connectivity index (χ2n) is 11.0. The van der Waals surface area contributed by atoms with E-state index in [1.807, 2.05) is 29.2 Å². The summed E-state index contributed by atoms with van der Waals surface area (Å²) < 4.78 is 32.4. The van der Waals surface area contributed by atoms with E-state index in [1.54, 1.807) is 19.2 Å². The molecule has 2 amide bonds. The van der Waals surface area contributed by atoms with Crippen LogP contribution in [0.3, 0.4) is 0 Å². The first-order chi connectivity index (χ1) is 18.6. The molecule has 210 valence electrons. The Morgan fingerprint density at radius 2 is 1.56 bits per heavy atom. The fraction of sp³-hybridized carbons (Fsp3) is 0.533. The van der Waals surface area contributed by atoms with Gasteiger partial charge in [-0.3, -0.25) is 9.59 Å². The molecule has 2 aromatic carbocycles. The Hall–Kier alpha value is -2.22. The van der Waals surface area contributed by atoms with Crippen LogP contribution in [0.15, 0.2) is 36.4 Å². The van der Waals surface area contributed by atoms with Crippen molar-refractivity contribution in [2.45, 2.75) is 69.4 Å². The van der Waals surface area contributed by atoms with Crippen LogP contribution in [0.25, 0.3) is 11.1 Å². The molecule has 1 aliphatic carbocycles. The molecule has 0 bridgehead atoms. The maximum absolute atomic E-state index is 13.4. The van der Waals surface area contributed by atoms with Gasteiger partial charge in [-0.05, 0) is 79.5 Å². The molecule has 9 heteroatoms. The minimum atomic E-state index is -2.70. The lowest BCUT2D eigenvalue weighted by Gasteiger charge is -2.34. The average Bonchev–Trinajstić information content (AvgIpc) is 3.30. The van der Waals surface area contributed by atoms with Crippen molar-refractivity contribution in [3.8, 4) is 11.1 Å². The number of rotatable bonds is 6. The second kappa shape index (κ2) is 11.7. The Bertz CT molecular complexity index is 1180. The van der Waals surface area contributed by atoms with Gasteiger partial charge in [0.2, 0.25) is 5.91 Å². The number of benzene rings is 2. The molecule has 1 saturated carbocycles. The molecule has 5 rings (SSSR count). The zero-order valence-corrected chi connectivity index (χ0v) is 23.6. The highest BCUT2D eigenvalue weighted by Crippen LogP contribution is 2.37. The number of halogens is 4. The molecule has 2 aliphatic heterocycles. The smallest absolute Gasteiger partial charge is 0.253 e. The van der Waals surface area contributed by atoms with Gasteiger partial charge in [-0.2, -0.15) is 0 Å². The number of carbonyl (C=O) groups is 2. The number of likely N-dealkylation sites (tertiary alicyclic amines) is 2. The van der Waals surface area contributed by atoms with Crippen molar-refractivity contribution in [1.82, 2.24) is 9.80 Å². The number of methoxy groups -OCH3 is 1. The van der Waals surface area contributed by atoms with Crippen molar-refractivity contribution < 1.29 is 23.1 Å². The molecule has 3 fully saturated rings. The highest BCUT2D eigenvalue weighted by molar-refractivity contribution is 6.36. The molecule has 0 spiro atoms. The van der Waals surface area contributed by atoms with Crippen molar-refractivity contribution >= 4 is 35.0 Å². The molecule has 0 N–H and O–H groups in total. The fourth-order valence-corrected chi connectivity index (χ4v) is 6.78. The van der Waals surface area contributed by atoms with E-state index in [4.69, 9.17) is 27.9 Å². The summed E-state index contributed by atoms with van der Waals surface area (Å²) in [5.74, 6) is -2.89. The fourth-order valence-electron chi connectivity index (χ4n) is 6.14. The molecule has 0 radical (unpaired) electrons. The molecule has 3 aliphatic rings. The normalized spacial score (nSPS) is 25.3. The summed E-state index contributed by atoms with van der Waals surface area (Å²) in [4.78, 5) is 29.5. The maximum Gasteiger partial charge on any atom is 0.253 e. The Labute approximate surface area is 238 Å². The van der Waals surface area contributed by atoms with E-state index in [9.17, 15) is 18.4 Å². The zero-order valence-electron chi connectivity index (χ0n) is 22.1. The lowest BCUT2D eigenvalue weighted by atomic mass is 9.91. The van der Waals surface area contributed by atoms with Crippen LogP contribution in [0.2, 0.25) is 10.0 Å². The van der Waals surface area contributed by atoms with E-state index in [2.05, 4.69) is 0 Å². The molecule has 1 atom stereocenters. The predicted molar refractivity (Wildman–Crippen MR) is 149 cm³/mol. The number of hydrogen-bond donors (Lipinski definition) is 0. The summed E-state index contributed by atoms with van der Waals surface area (Å²) >= 11 is 13.4. The lowest BCUT2D eigenvalue weighted by Crippen LogP contribution is -2.42. The van der Waals surface area contributed by atoms with Crippen LogP contribution in [0.1, 0.15) is 60.9 Å². The molecule has 0 unspecified atom stereocenters. The van der Waals surface area contributed by atoms with Gasteiger partial charge in [-0.1, -0.05) is 35.3 Å². The number of carbonyl (C=O) groups excluding carboxylic acids is 2. The lowest BCUT2D eigenvalue weighted by molar-refractivity contribution is -0.134. The van der Waals surface area contributed by atoms with Gasteiger partial charge in [0.15, 0.2) is 0 Å². The summed E-state index contributed by atoms with van der Waals surface area (Å²) in [6, 6.07) is 11.0. The van der Waals surface area contributed by atoms with E-state index >= 15 is 0 Å². The standard InChI is InChI=1S/C30H34Cl2F2N2O3/c1-39-24-8-6-23(7-9-24)36-13-10-21(29(36)38)16-25-26(31)17-22(18-27(25)32)19-2-4-20(5-3-19)28(37)35-14-11-30(33,34)12-15-35/h2-5,17-18,21,23-24H,6-16H2,1H3/t21-,23?,24?/m0/s1. The summed E-state index contributed by atoms with van der Waals surface area (Å²) in [6.07, 6.45) is 4.91. The van der Waals surface area contributed by atoms with Crippen LogP contribution in [-0.2, 0) is 16.0 Å². The molecule has 5 nitrogen and oxygen atoms in total. The van der Waals surface area contributed by atoms with Crippen molar-refractivity contribution in [3.63, 3.8) is 0 Å². The summed E-state index contributed by atoms with van der Waals surface area (Å²) in [5, 5.41) is 1.03. The molecule has 39 heavy (non-hydrogen) atoms. The van der Waals surface area contributed by atoms with Crippen molar-refractivity contribution in [1.29, 1.82) is 0 Å². The third-order valence-electron chi connectivity index (χ3n) is 8.61. The average molecular weight is 580 g/mol. The molecular weight excluding hydrogens is 545 g/mol. The van der Waals surface area contributed by atoms with Gasteiger partial charge in [-0.25, -0.2) is 8.78 Å². The quantitative estimate of drug-likeness (QED) is 0.375. The summed E-state index contributed by atoms with van der Waals surface area (Å²) in [7, 11) is 1.75. The largest absolute Gasteiger partial charge is 0.381 e. The van der Waals surface area contributed by atoms with Crippen LogP contribution in [-0.4, -0.2) is 66.4 Å².